The number of amides is 1. The van der Waals surface area contributed by atoms with Crippen LogP contribution in [0.15, 0.2) is 0 Å². The molecule has 4 heteroatoms. The number of carbonyl (C=O) groups is 1. The Labute approximate surface area is 116 Å². The smallest absolute Gasteiger partial charge is 0.223 e. The molecule has 19 heavy (non-hydrogen) atoms. The van der Waals surface area contributed by atoms with Gasteiger partial charge in [-0.1, -0.05) is 6.42 Å². The van der Waals surface area contributed by atoms with E-state index in [1.165, 1.54) is 6.42 Å². The van der Waals surface area contributed by atoms with Gasteiger partial charge >= 0.3 is 0 Å². The number of nitrogens with two attached hydrogens (primary N) is 1. The molecule has 110 valence electrons. The van der Waals surface area contributed by atoms with Gasteiger partial charge in [0.05, 0.1) is 11.2 Å². The zero-order valence-corrected chi connectivity index (χ0v) is 12.8. The molecule has 0 unspecified atom stereocenters. The van der Waals surface area contributed by atoms with Crippen molar-refractivity contribution >= 4 is 5.91 Å². The number of nitrogens with zero attached hydrogens (tertiary/aromatic N) is 1. The van der Waals surface area contributed by atoms with Crippen LogP contribution < -0.4 is 5.73 Å². The summed E-state index contributed by atoms with van der Waals surface area (Å²) in [6, 6.07) is 0. The molecule has 4 nitrogen and oxygen atoms in total. The summed E-state index contributed by atoms with van der Waals surface area (Å²) in [5, 5.41) is 0. The maximum atomic E-state index is 12.6. The monoisotopic (exact) mass is 268 g/mol. The second-order valence-corrected chi connectivity index (χ2v) is 7.61. The number of rotatable bonds is 3. The van der Waals surface area contributed by atoms with Gasteiger partial charge in [0, 0.05) is 19.5 Å². The van der Waals surface area contributed by atoms with Crippen molar-refractivity contribution in [3.8, 4) is 0 Å². The summed E-state index contributed by atoms with van der Waals surface area (Å²) in [6.45, 7) is 10.2. The van der Waals surface area contributed by atoms with Gasteiger partial charge in [0.2, 0.25) is 5.91 Å². The van der Waals surface area contributed by atoms with Gasteiger partial charge in [-0.2, -0.15) is 0 Å². The minimum Gasteiger partial charge on any atom is -0.366 e. The Bertz CT molecular complexity index is 338. The van der Waals surface area contributed by atoms with Gasteiger partial charge in [0.25, 0.3) is 0 Å². The van der Waals surface area contributed by atoms with Gasteiger partial charge in [0.15, 0.2) is 0 Å². The van der Waals surface area contributed by atoms with E-state index in [-0.39, 0.29) is 22.5 Å². The molecule has 2 N–H and O–H groups in total. The van der Waals surface area contributed by atoms with Crippen molar-refractivity contribution in [3.63, 3.8) is 0 Å². The third-order valence-corrected chi connectivity index (χ3v) is 4.42. The molecule has 0 spiro atoms. The summed E-state index contributed by atoms with van der Waals surface area (Å²) in [5.41, 5.74) is 5.40. The Morgan fingerprint density at radius 3 is 2.05 bits per heavy atom. The highest BCUT2D eigenvalue weighted by Crippen LogP contribution is 2.43. The number of carbonyl (C=O) groups excluding carboxylic acids is 1. The summed E-state index contributed by atoms with van der Waals surface area (Å²) in [4.78, 5) is 14.5. The Kier molecular flexibility index (Phi) is 3.69. The topological polar surface area (TPSA) is 55.6 Å². The van der Waals surface area contributed by atoms with Crippen LogP contribution in [-0.4, -0.2) is 41.6 Å². The minimum absolute atomic E-state index is 0.0870. The number of hydrogen-bond donors (Lipinski definition) is 1. The van der Waals surface area contributed by atoms with E-state index in [1.54, 1.807) is 0 Å². The Morgan fingerprint density at radius 1 is 1.16 bits per heavy atom. The molecule has 0 radical (unpaired) electrons. The molecule has 2 fully saturated rings. The number of morpholine rings is 1. The second kappa shape index (κ2) is 4.74. The SMILES string of the molecule is CC1(C)CN(C(=O)CC2(CN)CCC2)CC(C)(C)O1. The Morgan fingerprint density at radius 2 is 1.68 bits per heavy atom. The normalized spacial score (nSPS) is 27.7. The van der Waals surface area contributed by atoms with Crippen LogP contribution in [0.25, 0.3) is 0 Å². The molecule has 1 amide bonds. The molecule has 0 aromatic carbocycles. The quantitative estimate of drug-likeness (QED) is 0.851. The molecular formula is C15H28N2O2. The van der Waals surface area contributed by atoms with Gasteiger partial charge in [-0.05, 0) is 52.5 Å². The molecule has 2 aliphatic rings. The first-order valence-corrected chi connectivity index (χ1v) is 7.35. The first-order chi connectivity index (χ1) is 8.67. The van der Waals surface area contributed by atoms with Crippen molar-refractivity contribution < 1.29 is 9.53 Å². The average Bonchev–Trinajstić information content (AvgIpc) is 2.18. The summed E-state index contributed by atoms with van der Waals surface area (Å²) in [5.74, 6) is 0.245. The van der Waals surface area contributed by atoms with Crippen LogP contribution in [0.1, 0.15) is 53.4 Å². The first-order valence-electron chi connectivity index (χ1n) is 7.35. The lowest BCUT2D eigenvalue weighted by Gasteiger charge is -2.48. The standard InChI is InChI=1S/C15H28N2O2/c1-13(2)10-17(11-14(3,4)19-13)12(18)8-15(9-16)6-5-7-15/h5-11,16H2,1-4H3. The second-order valence-electron chi connectivity index (χ2n) is 7.61. The van der Waals surface area contributed by atoms with Gasteiger partial charge < -0.3 is 15.4 Å². The van der Waals surface area contributed by atoms with Crippen LogP contribution in [0.2, 0.25) is 0 Å². The van der Waals surface area contributed by atoms with E-state index in [2.05, 4.69) is 27.7 Å². The lowest BCUT2D eigenvalue weighted by atomic mass is 9.66. The van der Waals surface area contributed by atoms with Crippen LogP contribution in [-0.2, 0) is 9.53 Å². The van der Waals surface area contributed by atoms with Crippen molar-refractivity contribution in [2.24, 2.45) is 11.1 Å². The zero-order chi connectivity index (χ0) is 14.3. The fourth-order valence-corrected chi connectivity index (χ4v) is 3.53. The van der Waals surface area contributed by atoms with Crippen molar-refractivity contribution in [1.29, 1.82) is 0 Å². The van der Waals surface area contributed by atoms with E-state index in [0.29, 0.717) is 26.1 Å². The van der Waals surface area contributed by atoms with Crippen LogP contribution >= 0.6 is 0 Å². The van der Waals surface area contributed by atoms with E-state index in [1.807, 2.05) is 4.90 Å². The van der Waals surface area contributed by atoms with E-state index in [0.717, 1.165) is 12.8 Å². The predicted octanol–water partition coefficient (Wildman–Crippen LogP) is 1.92. The minimum atomic E-state index is -0.271. The highest BCUT2D eigenvalue weighted by molar-refractivity contribution is 5.77. The third-order valence-electron chi connectivity index (χ3n) is 4.42. The lowest BCUT2D eigenvalue weighted by Crippen LogP contribution is -2.59. The van der Waals surface area contributed by atoms with Crippen LogP contribution in [0, 0.1) is 5.41 Å². The van der Waals surface area contributed by atoms with Crippen LogP contribution in [0.4, 0.5) is 0 Å². The largest absolute Gasteiger partial charge is 0.366 e. The van der Waals surface area contributed by atoms with Crippen LogP contribution in [0.5, 0.6) is 0 Å². The molecule has 1 aliphatic carbocycles. The molecule has 0 bridgehead atoms. The molecule has 1 saturated heterocycles. The van der Waals surface area contributed by atoms with Gasteiger partial charge in [-0.3, -0.25) is 4.79 Å². The highest BCUT2D eigenvalue weighted by atomic mass is 16.5. The van der Waals surface area contributed by atoms with Gasteiger partial charge in [0.1, 0.15) is 0 Å². The number of ether oxygens (including phenoxy) is 1. The average molecular weight is 268 g/mol. The fourth-order valence-electron chi connectivity index (χ4n) is 3.53. The maximum absolute atomic E-state index is 12.6. The predicted molar refractivity (Wildman–Crippen MR) is 75.8 cm³/mol. The summed E-state index contributed by atoms with van der Waals surface area (Å²) in [6.07, 6.45) is 4.03. The maximum Gasteiger partial charge on any atom is 0.223 e. The fraction of sp³-hybridized carbons (Fsp3) is 0.933. The van der Waals surface area contributed by atoms with E-state index >= 15 is 0 Å². The van der Waals surface area contributed by atoms with Gasteiger partial charge in [-0.25, -0.2) is 0 Å². The molecule has 1 saturated carbocycles. The summed E-state index contributed by atoms with van der Waals surface area (Å²) < 4.78 is 6.02. The molecule has 0 aromatic rings. The van der Waals surface area contributed by atoms with Crippen molar-refractivity contribution in [2.75, 3.05) is 19.6 Å². The van der Waals surface area contributed by atoms with E-state index in [4.69, 9.17) is 10.5 Å². The highest BCUT2D eigenvalue weighted by Gasteiger charge is 2.43. The summed E-state index contributed by atoms with van der Waals surface area (Å²) >= 11 is 0. The van der Waals surface area contributed by atoms with E-state index < -0.39 is 0 Å². The Balaban J connectivity index is 2.02. The van der Waals surface area contributed by atoms with Gasteiger partial charge in [-0.15, -0.1) is 0 Å². The van der Waals surface area contributed by atoms with Crippen molar-refractivity contribution in [2.45, 2.75) is 64.6 Å². The summed E-state index contributed by atoms with van der Waals surface area (Å²) in [7, 11) is 0. The first kappa shape index (κ1) is 14.8. The van der Waals surface area contributed by atoms with Crippen molar-refractivity contribution in [1.82, 2.24) is 4.90 Å². The molecule has 2 rings (SSSR count). The van der Waals surface area contributed by atoms with E-state index in [9.17, 15) is 4.79 Å². The molecule has 0 aromatic heterocycles. The third kappa shape index (κ3) is 3.29. The van der Waals surface area contributed by atoms with Crippen molar-refractivity contribution in [3.05, 3.63) is 0 Å². The number of hydrogen-bond acceptors (Lipinski definition) is 3. The zero-order valence-electron chi connectivity index (χ0n) is 12.8. The molecular weight excluding hydrogens is 240 g/mol. The molecule has 0 atom stereocenters. The lowest BCUT2D eigenvalue weighted by molar-refractivity contribution is -0.189. The Hall–Kier alpha value is -0.610. The molecule has 1 aliphatic heterocycles. The van der Waals surface area contributed by atoms with Crippen LogP contribution in [0.3, 0.4) is 0 Å². The molecule has 1 heterocycles.